The van der Waals surface area contributed by atoms with Crippen molar-refractivity contribution in [3.8, 4) is 22.6 Å². The van der Waals surface area contributed by atoms with Gasteiger partial charge in [-0.25, -0.2) is 9.22 Å². The highest BCUT2D eigenvalue weighted by molar-refractivity contribution is 7.78. The average Bonchev–Trinajstić information content (AvgIpc) is 2.87. The normalized spacial score (nSPS) is 15.5. The van der Waals surface area contributed by atoms with Crippen molar-refractivity contribution in [1.82, 2.24) is 9.99 Å². The van der Waals surface area contributed by atoms with Crippen molar-refractivity contribution in [3.63, 3.8) is 0 Å². The van der Waals surface area contributed by atoms with E-state index in [0.29, 0.717) is 17.4 Å². The summed E-state index contributed by atoms with van der Waals surface area (Å²) in [5.41, 5.74) is 4.01. The van der Waals surface area contributed by atoms with Crippen LogP contribution < -0.4 is 9.75 Å². The number of hydrogen-bond acceptors (Lipinski definition) is 6. The Morgan fingerprint density at radius 2 is 1.86 bits per heavy atom. The second kappa shape index (κ2) is 11.4. The quantitative estimate of drug-likeness (QED) is 0.288. The predicted octanol–water partition coefficient (Wildman–Crippen LogP) is 5.73. The van der Waals surface area contributed by atoms with Gasteiger partial charge in [0.1, 0.15) is 0 Å². The van der Waals surface area contributed by atoms with E-state index in [9.17, 15) is 13.9 Å². The molecule has 1 aliphatic rings. The van der Waals surface area contributed by atoms with Crippen LogP contribution >= 0.6 is 0 Å². The first kappa shape index (κ1) is 25.4. The van der Waals surface area contributed by atoms with E-state index in [4.69, 9.17) is 4.74 Å². The lowest BCUT2D eigenvalue weighted by Gasteiger charge is -2.44. The summed E-state index contributed by atoms with van der Waals surface area (Å²) in [6, 6.07) is 11.7. The van der Waals surface area contributed by atoms with Crippen LogP contribution in [-0.4, -0.2) is 50.1 Å². The Morgan fingerprint density at radius 3 is 2.51 bits per heavy atom. The van der Waals surface area contributed by atoms with Crippen molar-refractivity contribution in [2.75, 3.05) is 25.2 Å². The fourth-order valence-corrected chi connectivity index (χ4v) is 5.70. The summed E-state index contributed by atoms with van der Waals surface area (Å²) in [4.78, 5) is 4.65. The number of rotatable bonds is 9. The molecule has 8 heteroatoms. The van der Waals surface area contributed by atoms with Crippen molar-refractivity contribution in [2.24, 2.45) is 0 Å². The lowest BCUT2D eigenvalue weighted by molar-refractivity contribution is 0.220. The molecule has 2 N–H and O–H groups in total. The van der Waals surface area contributed by atoms with Crippen LogP contribution in [0.25, 0.3) is 22.0 Å². The number of benzene rings is 2. The third kappa shape index (κ3) is 5.29. The van der Waals surface area contributed by atoms with Crippen LogP contribution in [0.5, 0.6) is 11.5 Å². The predicted molar refractivity (Wildman–Crippen MR) is 142 cm³/mol. The molecule has 0 spiro atoms. The SMILES string of the molecule is CCN(CC)N(c1c(CS(=O)O)cnc2ccc(-c3cccc(OC)c3O)cc12)C1CCCCC1. The Hall–Kier alpha value is -2.68. The number of fused-ring (bicyclic) bond motifs is 1. The molecule has 1 atom stereocenters. The first-order valence-corrected chi connectivity index (χ1v) is 13.7. The van der Waals surface area contributed by atoms with E-state index in [1.54, 1.807) is 12.3 Å². The summed E-state index contributed by atoms with van der Waals surface area (Å²) >= 11 is -2.00. The maximum Gasteiger partial charge on any atom is 0.165 e. The van der Waals surface area contributed by atoms with Gasteiger partial charge >= 0.3 is 0 Å². The van der Waals surface area contributed by atoms with Gasteiger partial charge in [-0.2, -0.15) is 0 Å². The summed E-state index contributed by atoms with van der Waals surface area (Å²) in [6.07, 6.45) is 7.50. The van der Waals surface area contributed by atoms with Gasteiger partial charge in [-0.3, -0.25) is 4.98 Å². The monoisotopic (exact) mass is 497 g/mol. The summed E-state index contributed by atoms with van der Waals surface area (Å²) in [5.74, 6) is 0.513. The molecule has 188 valence electrons. The molecule has 0 saturated heterocycles. The van der Waals surface area contributed by atoms with Gasteiger partial charge in [-0.05, 0) is 36.6 Å². The zero-order valence-corrected chi connectivity index (χ0v) is 21.6. The highest BCUT2D eigenvalue weighted by Crippen LogP contribution is 2.41. The van der Waals surface area contributed by atoms with Gasteiger partial charge in [0.05, 0.1) is 24.1 Å². The van der Waals surface area contributed by atoms with E-state index in [0.717, 1.165) is 53.6 Å². The second-order valence-corrected chi connectivity index (χ2v) is 9.89. The molecule has 1 aliphatic carbocycles. The number of pyridine rings is 1. The molecule has 1 aromatic heterocycles. The number of methoxy groups -OCH3 is 1. The molecule has 4 rings (SSSR count). The number of phenols is 1. The first-order chi connectivity index (χ1) is 17.0. The van der Waals surface area contributed by atoms with Crippen LogP contribution in [0.2, 0.25) is 0 Å². The van der Waals surface area contributed by atoms with E-state index in [2.05, 4.69) is 28.8 Å². The lowest BCUT2D eigenvalue weighted by Crippen LogP contribution is -2.50. The Morgan fingerprint density at radius 1 is 1.11 bits per heavy atom. The molecule has 1 fully saturated rings. The largest absolute Gasteiger partial charge is 0.504 e. The van der Waals surface area contributed by atoms with Gasteiger partial charge in [-0.15, -0.1) is 0 Å². The van der Waals surface area contributed by atoms with E-state index < -0.39 is 11.1 Å². The maximum absolute atomic E-state index is 12.0. The molecule has 1 heterocycles. The zero-order chi connectivity index (χ0) is 24.9. The molecule has 0 amide bonds. The summed E-state index contributed by atoms with van der Waals surface area (Å²) in [6.45, 7) is 5.95. The molecule has 1 saturated carbocycles. The average molecular weight is 498 g/mol. The number of hydrazine groups is 1. The topological polar surface area (TPSA) is 86.1 Å². The smallest absolute Gasteiger partial charge is 0.165 e. The number of para-hydroxylation sites is 1. The van der Waals surface area contributed by atoms with Crippen molar-refractivity contribution in [1.29, 1.82) is 0 Å². The van der Waals surface area contributed by atoms with Gasteiger partial charge in [0.2, 0.25) is 0 Å². The highest BCUT2D eigenvalue weighted by atomic mass is 32.2. The molecular formula is C27H35N3O4S. The van der Waals surface area contributed by atoms with Crippen LogP contribution in [0.1, 0.15) is 51.5 Å². The number of ether oxygens (including phenoxy) is 1. The maximum atomic E-state index is 12.0. The zero-order valence-electron chi connectivity index (χ0n) is 20.7. The van der Waals surface area contributed by atoms with E-state index in [-0.39, 0.29) is 11.5 Å². The van der Waals surface area contributed by atoms with Gasteiger partial charge in [0, 0.05) is 41.8 Å². The molecule has 2 aromatic carbocycles. The minimum absolute atomic E-state index is 0.0113. The van der Waals surface area contributed by atoms with Crippen LogP contribution in [-0.2, 0) is 16.8 Å². The number of anilines is 1. The van der Waals surface area contributed by atoms with Crippen LogP contribution in [0.15, 0.2) is 42.6 Å². The van der Waals surface area contributed by atoms with E-state index in [1.807, 2.05) is 30.3 Å². The molecule has 0 bridgehead atoms. The minimum atomic E-state index is -2.00. The third-order valence-corrected chi connectivity index (χ3v) is 7.47. The Kier molecular flexibility index (Phi) is 8.26. The fraction of sp³-hybridized carbons (Fsp3) is 0.444. The molecule has 0 aliphatic heterocycles. The van der Waals surface area contributed by atoms with Crippen LogP contribution in [0.3, 0.4) is 0 Å². The number of nitrogens with zero attached hydrogens (tertiary/aromatic N) is 3. The van der Waals surface area contributed by atoms with E-state index in [1.165, 1.54) is 26.4 Å². The molecule has 35 heavy (non-hydrogen) atoms. The van der Waals surface area contributed by atoms with Gasteiger partial charge in [0.15, 0.2) is 22.6 Å². The highest BCUT2D eigenvalue weighted by Gasteiger charge is 2.29. The van der Waals surface area contributed by atoms with Crippen LogP contribution in [0.4, 0.5) is 5.69 Å². The number of aromatic hydroxyl groups is 1. The molecular weight excluding hydrogens is 462 g/mol. The Labute approximate surface area is 210 Å². The van der Waals surface area contributed by atoms with Crippen molar-refractivity contribution < 1.29 is 18.6 Å². The van der Waals surface area contributed by atoms with Crippen LogP contribution in [0, 0.1) is 0 Å². The van der Waals surface area contributed by atoms with Gasteiger partial charge in [0.25, 0.3) is 0 Å². The minimum Gasteiger partial charge on any atom is -0.504 e. The Bertz CT molecular complexity index is 1190. The lowest BCUT2D eigenvalue weighted by atomic mass is 9.93. The van der Waals surface area contributed by atoms with Crippen molar-refractivity contribution >= 4 is 27.7 Å². The summed E-state index contributed by atoms with van der Waals surface area (Å²) < 4.78 is 27.1. The Balaban J connectivity index is 1.98. The first-order valence-electron chi connectivity index (χ1n) is 12.4. The number of phenolic OH excluding ortho intramolecular Hbond substituents is 1. The van der Waals surface area contributed by atoms with E-state index >= 15 is 0 Å². The molecule has 0 radical (unpaired) electrons. The second-order valence-electron chi connectivity index (χ2n) is 8.96. The number of aromatic nitrogens is 1. The van der Waals surface area contributed by atoms with Crippen molar-refractivity contribution in [2.45, 2.75) is 57.7 Å². The van der Waals surface area contributed by atoms with Crippen molar-refractivity contribution in [3.05, 3.63) is 48.2 Å². The van der Waals surface area contributed by atoms with Gasteiger partial charge < -0.3 is 19.4 Å². The summed E-state index contributed by atoms with van der Waals surface area (Å²) in [7, 11) is 1.54. The standard InChI is InChI=1S/C27H35N3O4S/c1-4-29(5-2)30(21-10-7-6-8-11-21)26-20(18-35(32)33)17-28-24-15-14-19(16-23(24)26)22-12-9-13-25(34-3)27(22)31/h9,12-17,21,31H,4-8,10-11,18H2,1-3H3,(H,32,33). The third-order valence-electron chi connectivity index (χ3n) is 6.91. The van der Waals surface area contributed by atoms with Gasteiger partial charge in [-0.1, -0.05) is 51.3 Å². The fourth-order valence-electron chi connectivity index (χ4n) is 5.23. The number of hydrogen-bond donors (Lipinski definition) is 2. The molecule has 7 nitrogen and oxygen atoms in total. The molecule has 3 aromatic rings. The molecule has 1 unspecified atom stereocenters. The summed E-state index contributed by atoms with van der Waals surface area (Å²) in [5, 5.41) is 16.4.